The smallest absolute Gasteiger partial charge is 0.157 e. The second-order valence-electron chi connectivity index (χ2n) is 4.18. The molecule has 16 heavy (non-hydrogen) atoms. The van der Waals surface area contributed by atoms with Gasteiger partial charge in [-0.2, -0.15) is 0 Å². The van der Waals surface area contributed by atoms with Gasteiger partial charge in [-0.15, -0.1) is 0 Å². The molecule has 0 fully saturated rings. The topological polar surface area (TPSA) is 37.3 Å². The van der Waals surface area contributed by atoms with Crippen molar-refractivity contribution in [3.63, 3.8) is 0 Å². The van der Waals surface area contributed by atoms with E-state index in [1.54, 1.807) is 11.8 Å². The number of rotatable bonds is 2. The van der Waals surface area contributed by atoms with Crippen molar-refractivity contribution in [1.29, 1.82) is 0 Å². The number of pyridine rings is 1. The van der Waals surface area contributed by atoms with Crippen LogP contribution in [-0.2, 0) is 0 Å². The molecule has 0 aromatic carbocycles. The second kappa shape index (κ2) is 5.34. The zero-order valence-corrected chi connectivity index (χ0v) is 10.5. The number of aliphatic imine (C=N–C) groups is 1. The van der Waals surface area contributed by atoms with Gasteiger partial charge in [0, 0.05) is 18.5 Å². The second-order valence-corrected chi connectivity index (χ2v) is 5.19. The van der Waals surface area contributed by atoms with E-state index in [9.17, 15) is 0 Å². The van der Waals surface area contributed by atoms with Crippen LogP contribution in [0, 0.1) is 5.92 Å². The fraction of sp³-hybridized carbons (Fsp3) is 0.500. The summed E-state index contributed by atoms with van der Waals surface area (Å²) < 4.78 is 0. The van der Waals surface area contributed by atoms with E-state index >= 15 is 0 Å². The first-order valence-electron chi connectivity index (χ1n) is 5.60. The molecule has 2 atom stereocenters. The van der Waals surface area contributed by atoms with E-state index in [-0.39, 0.29) is 6.04 Å². The number of hydrogen-bond donors (Lipinski definition) is 1. The Kier molecular flexibility index (Phi) is 3.83. The molecular weight excluding hydrogens is 218 g/mol. The SMILES string of the molecule is CC1CN=C(NC(C)c2ccccn2)SC1. The lowest BCUT2D eigenvalue weighted by molar-refractivity contribution is 0.653. The number of amidine groups is 1. The van der Waals surface area contributed by atoms with Gasteiger partial charge in [0.2, 0.25) is 0 Å². The van der Waals surface area contributed by atoms with Crippen LogP contribution in [0.25, 0.3) is 0 Å². The standard InChI is InChI=1S/C12H17N3S/c1-9-7-14-12(16-8-9)15-10(2)11-5-3-4-6-13-11/h3-6,9-10H,7-8H2,1-2H3,(H,14,15). The average molecular weight is 235 g/mol. The summed E-state index contributed by atoms with van der Waals surface area (Å²) in [5.74, 6) is 1.85. The highest BCUT2D eigenvalue weighted by molar-refractivity contribution is 8.13. The van der Waals surface area contributed by atoms with Crippen molar-refractivity contribution in [3.8, 4) is 0 Å². The van der Waals surface area contributed by atoms with E-state index in [4.69, 9.17) is 0 Å². The molecule has 0 spiro atoms. The molecule has 0 radical (unpaired) electrons. The van der Waals surface area contributed by atoms with Crippen LogP contribution in [0.15, 0.2) is 29.4 Å². The minimum Gasteiger partial charge on any atom is -0.357 e. The Labute approximate surface area is 101 Å². The highest BCUT2D eigenvalue weighted by atomic mass is 32.2. The van der Waals surface area contributed by atoms with Gasteiger partial charge in [-0.3, -0.25) is 9.98 Å². The fourth-order valence-corrected chi connectivity index (χ4v) is 2.51. The lowest BCUT2D eigenvalue weighted by Gasteiger charge is -2.21. The lowest BCUT2D eigenvalue weighted by atomic mass is 10.2. The van der Waals surface area contributed by atoms with Gasteiger partial charge >= 0.3 is 0 Å². The molecule has 3 nitrogen and oxygen atoms in total. The van der Waals surface area contributed by atoms with Crippen LogP contribution >= 0.6 is 11.8 Å². The first-order chi connectivity index (χ1) is 7.75. The van der Waals surface area contributed by atoms with Crippen LogP contribution in [0.3, 0.4) is 0 Å². The van der Waals surface area contributed by atoms with E-state index < -0.39 is 0 Å². The maximum Gasteiger partial charge on any atom is 0.157 e. The maximum absolute atomic E-state index is 4.52. The molecule has 1 N–H and O–H groups in total. The number of nitrogens with one attached hydrogen (secondary N) is 1. The van der Waals surface area contributed by atoms with E-state index in [1.165, 1.54) is 0 Å². The molecule has 2 heterocycles. The van der Waals surface area contributed by atoms with E-state index in [1.807, 2.05) is 24.4 Å². The van der Waals surface area contributed by atoms with Crippen molar-refractivity contribution < 1.29 is 0 Å². The van der Waals surface area contributed by atoms with Crippen LogP contribution in [0.2, 0.25) is 0 Å². The van der Waals surface area contributed by atoms with Gasteiger partial charge in [0.05, 0.1) is 11.7 Å². The van der Waals surface area contributed by atoms with Crippen molar-refractivity contribution in [2.24, 2.45) is 10.9 Å². The maximum atomic E-state index is 4.52. The summed E-state index contributed by atoms with van der Waals surface area (Å²) in [5.41, 5.74) is 1.06. The van der Waals surface area contributed by atoms with Gasteiger partial charge in [0.15, 0.2) is 5.17 Å². The van der Waals surface area contributed by atoms with E-state index in [2.05, 4.69) is 29.1 Å². The zero-order valence-electron chi connectivity index (χ0n) is 9.68. The molecule has 2 rings (SSSR count). The first kappa shape index (κ1) is 11.5. The predicted molar refractivity (Wildman–Crippen MR) is 69.7 cm³/mol. The third kappa shape index (κ3) is 2.98. The number of thioether (sulfide) groups is 1. The summed E-state index contributed by atoms with van der Waals surface area (Å²) >= 11 is 1.81. The van der Waals surface area contributed by atoms with Gasteiger partial charge < -0.3 is 5.32 Å². The van der Waals surface area contributed by atoms with Gasteiger partial charge in [-0.25, -0.2) is 0 Å². The molecule has 2 unspecified atom stereocenters. The van der Waals surface area contributed by atoms with Crippen molar-refractivity contribution in [3.05, 3.63) is 30.1 Å². The van der Waals surface area contributed by atoms with Gasteiger partial charge in [0.1, 0.15) is 0 Å². The summed E-state index contributed by atoms with van der Waals surface area (Å²) in [6.45, 7) is 5.28. The van der Waals surface area contributed by atoms with Gasteiger partial charge in [-0.05, 0) is 25.0 Å². The summed E-state index contributed by atoms with van der Waals surface area (Å²) in [7, 11) is 0. The molecule has 4 heteroatoms. The Morgan fingerprint density at radius 3 is 3.00 bits per heavy atom. The van der Waals surface area contributed by atoms with Crippen LogP contribution < -0.4 is 5.32 Å². The van der Waals surface area contributed by atoms with Crippen molar-refractivity contribution in [1.82, 2.24) is 10.3 Å². The Hall–Kier alpha value is -1.03. The van der Waals surface area contributed by atoms with Crippen molar-refractivity contribution in [2.75, 3.05) is 12.3 Å². The normalized spacial score (nSPS) is 22.4. The van der Waals surface area contributed by atoms with Crippen molar-refractivity contribution in [2.45, 2.75) is 19.9 Å². The zero-order chi connectivity index (χ0) is 11.4. The van der Waals surface area contributed by atoms with Gasteiger partial charge in [-0.1, -0.05) is 24.8 Å². The van der Waals surface area contributed by atoms with Gasteiger partial charge in [0.25, 0.3) is 0 Å². The summed E-state index contributed by atoms with van der Waals surface area (Å²) in [6.07, 6.45) is 1.82. The summed E-state index contributed by atoms with van der Waals surface area (Å²) in [4.78, 5) is 8.85. The highest BCUT2D eigenvalue weighted by Gasteiger charge is 2.14. The van der Waals surface area contributed by atoms with Crippen LogP contribution in [0.1, 0.15) is 25.6 Å². The molecule has 0 saturated heterocycles. The number of aromatic nitrogens is 1. The summed E-state index contributed by atoms with van der Waals surface area (Å²) in [5, 5.41) is 4.46. The molecule has 0 saturated carbocycles. The Bertz CT molecular complexity index is 364. The Morgan fingerprint density at radius 1 is 1.50 bits per heavy atom. The van der Waals surface area contributed by atoms with Crippen LogP contribution in [-0.4, -0.2) is 22.4 Å². The van der Waals surface area contributed by atoms with Crippen molar-refractivity contribution >= 4 is 16.9 Å². The Morgan fingerprint density at radius 2 is 2.38 bits per heavy atom. The molecule has 1 aliphatic rings. The first-order valence-corrected chi connectivity index (χ1v) is 6.59. The Balaban J connectivity index is 1.95. The molecule has 1 aromatic heterocycles. The fourth-order valence-electron chi connectivity index (χ4n) is 1.54. The number of nitrogens with zero attached hydrogens (tertiary/aromatic N) is 2. The van der Waals surface area contributed by atoms with E-state index in [0.29, 0.717) is 5.92 Å². The average Bonchev–Trinajstić information content (AvgIpc) is 2.33. The molecule has 0 aliphatic carbocycles. The molecule has 1 aromatic rings. The summed E-state index contributed by atoms with van der Waals surface area (Å²) in [6, 6.07) is 6.21. The van der Waals surface area contributed by atoms with Crippen LogP contribution in [0.4, 0.5) is 0 Å². The highest BCUT2D eigenvalue weighted by Crippen LogP contribution is 2.18. The molecule has 86 valence electrons. The molecule has 0 amide bonds. The third-order valence-corrected chi connectivity index (χ3v) is 3.78. The molecular formula is C12H17N3S. The predicted octanol–water partition coefficient (Wildman–Crippen LogP) is 2.47. The minimum atomic E-state index is 0.223. The molecule has 0 bridgehead atoms. The lowest BCUT2D eigenvalue weighted by Crippen LogP contribution is -2.28. The minimum absolute atomic E-state index is 0.223. The monoisotopic (exact) mass is 235 g/mol. The van der Waals surface area contributed by atoms with Crippen LogP contribution in [0.5, 0.6) is 0 Å². The molecule has 1 aliphatic heterocycles. The van der Waals surface area contributed by atoms with E-state index in [0.717, 1.165) is 23.2 Å². The largest absolute Gasteiger partial charge is 0.357 e. The number of hydrogen-bond acceptors (Lipinski definition) is 4. The quantitative estimate of drug-likeness (QED) is 0.855. The third-order valence-electron chi connectivity index (χ3n) is 2.52.